The Labute approximate surface area is 252 Å². The highest BCUT2D eigenvalue weighted by atomic mass is 16.7. The molecule has 1 saturated heterocycles. The van der Waals surface area contributed by atoms with Gasteiger partial charge in [0, 0.05) is 19.0 Å². The van der Waals surface area contributed by atoms with Crippen LogP contribution in [0.1, 0.15) is 34.0 Å². The van der Waals surface area contributed by atoms with Crippen molar-refractivity contribution in [2.45, 2.75) is 57.5 Å². The highest BCUT2D eigenvalue weighted by molar-refractivity contribution is 5.89. The number of hydrogen-bond acceptors (Lipinski definition) is 8. The zero-order chi connectivity index (χ0) is 29.7. The van der Waals surface area contributed by atoms with Gasteiger partial charge in [-0.1, -0.05) is 91.0 Å². The first-order valence-electron chi connectivity index (χ1n) is 14.5. The second-order valence-electron chi connectivity index (χ2n) is 10.1. The average molecular weight is 584 g/mol. The van der Waals surface area contributed by atoms with E-state index in [1.807, 2.05) is 97.9 Å². The summed E-state index contributed by atoms with van der Waals surface area (Å²) in [5, 5.41) is 0. The molecule has 1 aromatic heterocycles. The van der Waals surface area contributed by atoms with Crippen molar-refractivity contribution < 1.29 is 33.2 Å². The van der Waals surface area contributed by atoms with E-state index in [4.69, 9.17) is 28.4 Å². The number of rotatable bonds is 15. The van der Waals surface area contributed by atoms with Gasteiger partial charge in [-0.05, 0) is 35.7 Å². The van der Waals surface area contributed by atoms with Gasteiger partial charge < -0.3 is 28.4 Å². The van der Waals surface area contributed by atoms with Crippen LogP contribution in [-0.2, 0) is 48.2 Å². The molecular formula is C35H37NO7. The molecule has 0 spiro atoms. The Bertz CT molecular complexity index is 1360. The lowest BCUT2D eigenvalue weighted by atomic mass is 10.0. The highest BCUT2D eigenvalue weighted by Crippen LogP contribution is 2.33. The van der Waals surface area contributed by atoms with Crippen LogP contribution in [0.4, 0.5) is 0 Å². The van der Waals surface area contributed by atoms with Gasteiger partial charge in [-0.3, -0.25) is 4.98 Å². The number of ether oxygens (including phenoxy) is 6. The fraction of sp³-hybridized carbons (Fsp3) is 0.314. The summed E-state index contributed by atoms with van der Waals surface area (Å²) in [7, 11) is 0. The van der Waals surface area contributed by atoms with Crippen molar-refractivity contribution in [1.29, 1.82) is 0 Å². The number of carbonyl (C=O) groups is 1. The molecule has 8 heteroatoms. The zero-order valence-corrected chi connectivity index (χ0v) is 24.2. The fourth-order valence-electron chi connectivity index (χ4n) is 4.89. The number of pyridine rings is 1. The molecule has 8 nitrogen and oxygen atoms in total. The van der Waals surface area contributed by atoms with Crippen LogP contribution >= 0.6 is 0 Å². The Morgan fingerprint density at radius 3 is 1.93 bits per heavy atom. The first-order chi connectivity index (χ1) is 21.2. The Balaban J connectivity index is 1.40. The largest absolute Gasteiger partial charge is 0.450 e. The standard InChI is InChI=1S/C35H37NO7/c1-2-39-35-33(42-34(37)29-18-20-36-21-19-29)32(41-24-28-16-10-5-11-17-28)31(43-35)30(40-23-27-14-8-4-9-15-27)25-38-22-26-12-6-3-7-13-26/h3-21,30-33,35H,2,22-25H2,1H3/t30-,31-,32+,33-,35?/m1/s1. The van der Waals surface area contributed by atoms with Crippen molar-refractivity contribution >= 4 is 5.97 Å². The number of hydrogen-bond donors (Lipinski definition) is 0. The maximum absolute atomic E-state index is 13.2. The summed E-state index contributed by atoms with van der Waals surface area (Å²) in [5.41, 5.74) is 3.41. The average Bonchev–Trinajstić information content (AvgIpc) is 3.39. The van der Waals surface area contributed by atoms with Crippen LogP contribution in [0, 0.1) is 0 Å². The van der Waals surface area contributed by atoms with Crippen molar-refractivity contribution in [2.24, 2.45) is 0 Å². The molecule has 2 heterocycles. The molecule has 5 rings (SSSR count). The van der Waals surface area contributed by atoms with E-state index in [-0.39, 0.29) is 13.2 Å². The van der Waals surface area contributed by atoms with Crippen molar-refractivity contribution in [3.05, 3.63) is 138 Å². The third kappa shape index (κ3) is 8.79. The highest BCUT2D eigenvalue weighted by Gasteiger charge is 2.52. The van der Waals surface area contributed by atoms with Gasteiger partial charge >= 0.3 is 5.97 Å². The van der Waals surface area contributed by atoms with E-state index < -0.39 is 36.7 Å². The van der Waals surface area contributed by atoms with Gasteiger partial charge in [-0.15, -0.1) is 0 Å². The molecule has 1 aliphatic heterocycles. The van der Waals surface area contributed by atoms with Gasteiger partial charge in [-0.2, -0.15) is 0 Å². The lowest BCUT2D eigenvalue weighted by molar-refractivity contribution is -0.190. The Morgan fingerprint density at radius 1 is 0.744 bits per heavy atom. The quantitative estimate of drug-likeness (QED) is 0.164. The van der Waals surface area contributed by atoms with Crippen LogP contribution in [0.5, 0.6) is 0 Å². The third-order valence-electron chi connectivity index (χ3n) is 7.05. The number of benzene rings is 3. The molecule has 0 amide bonds. The fourth-order valence-corrected chi connectivity index (χ4v) is 4.89. The number of esters is 1. The summed E-state index contributed by atoms with van der Waals surface area (Å²) >= 11 is 0. The molecule has 0 saturated carbocycles. The van der Waals surface area contributed by atoms with Crippen LogP contribution < -0.4 is 0 Å². The van der Waals surface area contributed by atoms with E-state index in [1.54, 1.807) is 24.5 Å². The topological polar surface area (TPSA) is 85.3 Å². The summed E-state index contributed by atoms with van der Waals surface area (Å²) in [4.78, 5) is 17.2. The van der Waals surface area contributed by atoms with E-state index in [9.17, 15) is 4.79 Å². The second-order valence-corrected chi connectivity index (χ2v) is 10.1. The van der Waals surface area contributed by atoms with E-state index >= 15 is 0 Å². The molecule has 4 aromatic rings. The SMILES string of the molecule is CCOC1O[C@H]([C@@H](COCc2ccccc2)OCc2ccccc2)[C@H](OCc2ccccc2)[C@H]1OC(=O)c1ccncc1. The van der Waals surface area contributed by atoms with Gasteiger partial charge in [0.1, 0.15) is 18.3 Å². The Kier molecular flexibility index (Phi) is 11.4. The van der Waals surface area contributed by atoms with Gasteiger partial charge in [-0.25, -0.2) is 4.79 Å². The maximum Gasteiger partial charge on any atom is 0.338 e. The summed E-state index contributed by atoms with van der Waals surface area (Å²) in [6.07, 6.45) is -0.544. The summed E-state index contributed by atoms with van der Waals surface area (Å²) in [5.74, 6) is -0.517. The molecular weight excluding hydrogens is 546 g/mol. The van der Waals surface area contributed by atoms with E-state index in [2.05, 4.69) is 4.98 Å². The maximum atomic E-state index is 13.2. The number of carbonyl (C=O) groups excluding carboxylic acids is 1. The monoisotopic (exact) mass is 583 g/mol. The summed E-state index contributed by atoms with van der Waals surface area (Å²) < 4.78 is 37.6. The van der Waals surface area contributed by atoms with Crippen LogP contribution in [0.15, 0.2) is 116 Å². The lowest BCUT2D eigenvalue weighted by Crippen LogP contribution is -2.45. The van der Waals surface area contributed by atoms with E-state index in [0.717, 1.165) is 16.7 Å². The minimum Gasteiger partial charge on any atom is -0.450 e. The molecule has 1 fully saturated rings. The molecule has 224 valence electrons. The first kappa shape index (κ1) is 30.5. The van der Waals surface area contributed by atoms with Crippen molar-refractivity contribution in [3.63, 3.8) is 0 Å². The predicted octanol–water partition coefficient (Wildman–Crippen LogP) is 5.76. The molecule has 1 aliphatic rings. The third-order valence-corrected chi connectivity index (χ3v) is 7.05. The molecule has 0 bridgehead atoms. The van der Waals surface area contributed by atoms with Gasteiger partial charge in [0.15, 0.2) is 12.4 Å². The molecule has 43 heavy (non-hydrogen) atoms. The summed E-state index contributed by atoms with van der Waals surface area (Å²) in [6, 6.07) is 32.9. The molecule has 1 unspecified atom stereocenters. The van der Waals surface area contributed by atoms with Gasteiger partial charge in [0.2, 0.25) is 0 Å². The van der Waals surface area contributed by atoms with Crippen molar-refractivity contribution in [2.75, 3.05) is 13.2 Å². The normalized spacial score (nSPS) is 20.5. The molecule has 5 atom stereocenters. The van der Waals surface area contributed by atoms with E-state index in [0.29, 0.717) is 25.4 Å². The Hall–Kier alpha value is -3.92. The van der Waals surface area contributed by atoms with Crippen molar-refractivity contribution in [1.82, 2.24) is 4.98 Å². The Morgan fingerprint density at radius 2 is 1.33 bits per heavy atom. The predicted molar refractivity (Wildman–Crippen MR) is 160 cm³/mol. The van der Waals surface area contributed by atoms with Gasteiger partial charge in [0.25, 0.3) is 0 Å². The number of nitrogens with zero attached hydrogens (tertiary/aromatic N) is 1. The van der Waals surface area contributed by atoms with Crippen LogP contribution in [-0.4, -0.2) is 54.9 Å². The zero-order valence-electron chi connectivity index (χ0n) is 24.2. The molecule has 3 aromatic carbocycles. The number of aromatic nitrogens is 1. The second kappa shape index (κ2) is 16.1. The van der Waals surface area contributed by atoms with E-state index in [1.165, 1.54) is 0 Å². The smallest absolute Gasteiger partial charge is 0.338 e. The summed E-state index contributed by atoms with van der Waals surface area (Å²) in [6.45, 7) is 3.47. The first-order valence-corrected chi connectivity index (χ1v) is 14.5. The van der Waals surface area contributed by atoms with Crippen LogP contribution in [0.3, 0.4) is 0 Å². The minimum absolute atomic E-state index is 0.224. The van der Waals surface area contributed by atoms with Crippen LogP contribution in [0.25, 0.3) is 0 Å². The molecule has 0 N–H and O–H groups in total. The molecule has 0 aliphatic carbocycles. The molecule has 0 radical (unpaired) electrons. The lowest BCUT2D eigenvalue weighted by Gasteiger charge is -2.29. The van der Waals surface area contributed by atoms with Crippen LogP contribution in [0.2, 0.25) is 0 Å². The van der Waals surface area contributed by atoms with Crippen molar-refractivity contribution in [3.8, 4) is 0 Å². The minimum atomic E-state index is -0.862. The van der Waals surface area contributed by atoms with Gasteiger partial charge in [0.05, 0.1) is 32.0 Å².